The average Bonchev–Trinajstić information content (AvgIpc) is 3.07. The normalized spacial score (nSPS) is 17.5. The van der Waals surface area contributed by atoms with Crippen LogP contribution in [0.3, 0.4) is 0 Å². The quantitative estimate of drug-likeness (QED) is 0.503. The zero-order valence-electron chi connectivity index (χ0n) is 19.3. The van der Waals surface area contributed by atoms with Crippen molar-refractivity contribution in [3.63, 3.8) is 0 Å². The Morgan fingerprint density at radius 1 is 1.18 bits per heavy atom. The summed E-state index contributed by atoms with van der Waals surface area (Å²) >= 11 is 7.51. The van der Waals surface area contributed by atoms with E-state index in [0.29, 0.717) is 29.3 Å². The van der Waals surface area contributed by atoms with Gasteiger partial charge in [0.2, 0.25) is 0 Å². The number of ether oxygens (including phenoxy) is 1. The van der Waals surface area contributed by atoms with Gasteiger partial charge in [-0.2, -0.15) is 0 Å². The number of H-pyrrole nitrogens is 1. The predicted molar refractivity (Wildman–Crippen MR) is 133 cm³/mol. The van der Waals surface area contributed by atoms with Gasteiger partial charge in [-0.15, -0.1) is 11.3 Å². The van der Waals surface area contributed by atoms with Gasteiger partial charge in [-0.1, -0.05) is 23.7 Å². The van der Waals surface area contributed by atoms with Gasteiger partial charge in [0.05, 0.1) is 30.7 Å². The lowest BCUT2D eigenvalue weighted by atomic mass is 10.1. The second-order valence-electron chi connectivity index (χ2n) is 8.73. The van der Waals surface area contributed by atoms with Crippen molar-refractivity contribution >= 4 is 33.2 Å². The lowest BCUT2D eigenvalue weighted by Crippen LogP contribution is -2.48. The zero-order chi connectivity index (χ0) is 23.5. The largest absolute Gasteiger partial charge is 0.389 e. The third kappa shape index (κ3) is 6.01. The summed E-state index contributed by atoms with van der Waals surface area (Å²) in [5.74, 6) is 0.715. The highest BCUT2D eigenvalue weighted by atomic mass is 35.5. The molecule has 0 spiro atoms. The molecular weight excluding hydrogens is 460 g/mol. The van der Waals surface area contributed by atoms with E-state index in [-0.39, 0.29) is 18.3 Å². The third-order valence-corrected chi connectivity index (χ3v) is 7.63. The number of aliphatic hydroxyl groups excluding tert-OH is 1. The highest BCUT2D eigenvalue weighted by Crippen LogP contribution is 2.26. The Morgan fingerprint density at radius 3 is 2.55 bits per heavy atom. The van der Waals surface area contributed by atoms with Crippen molar-refractivity contribution in [1.29, 1.82) is 0 Å². The topological polar surface area (TPSA) is 81.7 Å². The molecule has 1 aromatic carbocycles. The minimum atomic E-state index is -0.544. The highest BCUT2D eigenvalue weighted by molar-refractivity contribution is 7.18. The van der Waals surface area contributed by atoms with Gasteiger partial charge in [-0.05, 0) is 44.0 Å². The van der Waals surface area contributed by atoms with E-state index >= 15 is 0 Å². The Bertz CT molecular complexity index is 1140. The van der Waals surface area contributed by atoms with Crippen LogP contribution in [-0.2, 0) is 11.3 Å². The van der Waals surface area contributed by atoms with E-state index in [0.717, 1.165) is 47.0 Å². The monoisotopic (exact) mass is 490 g/mol. The number of β-amino-alcohol motifs (C(OH)–C–C–N with tert-alkyl or cyclic N) is 1. The van der Waals surface area contributed by atoms with Gasteiger partial charge in [0.15, 0.2) is 0 Å². The number of hydrogen-bond acceptors (Lipinski definition) is 7. The van der Waals surface area contributed by atoms with Crippen LogP contribution in [0.4, 0.5) is 0 Å². The van der Waals surface area contributed by atoms with Gasteiger partial charge < -0.3 is 14.8 Å². The number of nitrogens with one attached hydrogen (secondary N) is 1. The number of aryl methyl sites for hydroxylation is 2. The first-order chi connectivity index (χ1) is 15.8. The fraction of sp³-hybridized carbons (Fsp3) is 0.500. The van der Waals surface area contributed by atoms with Crippen molar-refractivity contribution < 1.29 is 9.84 Å². The molecule has 0 radical (unpaired) electrons. The molecule has 0 saturated carbocycles. The zero-order valence-corrected chi connectivity index (χ0v) is 20.9. The van der Waals surface area contributed by atoms with Crippen molar-refractivity contribution in [2.24, 2.45) is 0 Å². The summed E-state index contributed by atoms with van der Waals surface area (Å²) in [6.07, 6.45) is -0.645. The first-order valence-electron chi connectivity index (χ1n) is 11.3. The lowest BCUT2D eigenvalue weighted by Gasteiger charge is -2.35. The van der Waals surface area contributed by atoms with E-state index < -0.39 is 6.10 Å². The summed E-state index contributed by atoms with van der Waals surface area (Å²) in [7, 11) is 0. The number of aromatic amines is 1. The molecule has 0 aliphatic carbocycles. The molecule has 1 saturated heterocycles. The second-order valence-corrected chi connectivity index (χ2v) is 10.4. The first-order valence-corrected chi connectivity index (χ1v) is 12.5. The molecule has 1 aliphatic rings. The average molecular weight is 491 g/mol. The molecule has 9 heteroatoms. The molecule has 2 atom stereocenters. The van der Waals surface area contributed by atoms with E-state index in [1.54, 1.807) is 11.3 Å². The number of benzene rings is 1. The molecule has 0 bridgehead atoms. The first kappa shape index (κ1) is 24.3. The third-order valence-electron chi connectivity index (χ3n) is 6.27. The molecule has 2 unspecified atom stereocenters. The molecule has 4 rings (SSSR count). The van der Waals surface area contributed by atoms with Crippen LogP contribution in [-0.4, -0.2) is 70.3 Å². The van der Waals surface area contributed by atoms with E-state index in [1.807, 2.05) is 45.0 Å². The minimum absolute atomic E-state index is 0.0496. The molecule has 33 heavy (non-hydrogen) atoms. The Kier molecular flexibility index (Phi) is 7.83. The lowest BCUT2D eigenvalue weighted by molar-refractivity contribution is -0.0214. The van der Waals surface area contributed by atoms with Crippen LogP contribution < -0.4 is 5.56 Å². The highest BCUT2D eigenvalue weighted by Gasteiger charge is 2.21. The smallest absolute Gasteiger partial charge is 0.259 e. The van der Waals surface area contributed by atoms with Crippen LogP contribution in [0.5, 0.6) is 0 Å². The molecule has 0 amide bonds. The Hall–Kier alpha value is -1.81. The molecule has 3 heterocycles. The number of piperazine rings is 1. The fourth-order valence-corrected chi connectivity index (χ4v) is 5.33. The van der Waals surface area contributed by atoms with Gasteiger partial charge in [0.25, 0.3) is 5.56 Å². The summed E-state index contributed by atoms with van der Waals surface area (Å²) < 4.78 is 5.86. The van der Waals surface area contributed by atoms with Crippen molar-refractivity contribution in [1.82, 2.24) is 19.8 Å². The molecule has 3 aromatic rings. The van der Waals surface area contributed by atoms with Gasteiger partial charge in [0.1, 0.15) is 10.7 Å². The summed E-state index contributed by atoms with van der Waals surface area (Å²) in [5.41, 5.74) is 2.01. The summed E-state index contributed by atoms with van der Waals surface area (Å²) in [5, 5.41) is 11.9. The number of nitrogens with zero attached hydrogens (tertiary/aromatic N) is 3. The fourth-order valence-electron chi connectivity index (χ4n) is 4.15. The number of thiophene rings is 1. The van der Waals surface area contributed by atoms with E-state index in [1.165, 1.54) is 0 Å². The number of fused-ring (bicyclic) bond motifs is 1. The minimum Gasteiger partial charge on any atom is -0.389 e. The molecule has 2 aromatic heterocycles. The van der Waals surface area contributed by atoms with Crippen LogP contribution in [0.25, 0.3) is 10.2 Å². The summed E-state index contributed by atoms with van der Waals surface area (Å²) in [4.78, 5) is 26.7. The van der Waals surface area contributed by atoms with Crippen molar-refractivity contribution in [2.75, 3.05) is 39.3 Å². The van der Waals surface area contributed by atoms with Gasteiger partial charge >= 0.3 is 0 Å². The van der Waals surface area contributed by atoms with E-state index in [9.17, 15) is 9.90 Å². The number of rotatable bonds is 8. The molecule has 2 N–H and O–H groups in total. The van der Waals surface area contributed by atoms with Crippen LogP contribution in [0.15, 0.2) is 29.1 Å². The standard InChI is InChI=1S/C24H31ClN4O3S/c1-15-17(3)33-24-22(15)23(31)26-21(27-24)13-29-10-8-28(9-11-29)12-20(30)14-32-16(2)18-4-6-19(25)7-5-18/h4-7,16,20,30H,8-14H2,1-3H3,(H,26,27,31). The Labute approximate surface area is 203 Å². The van der Waals surface area contributed by atoms with E-state index in [2.05, 4.69) is 14.8 Å². The van der Waals surface area contributed by atoms with Gasteiger partial charge in [-0.3, -0.25) is 14.6 Å². The van der Waals surface area contributed by atoms with Crippen LogP contribution in [0.2, 0.25) is 5.02 Å². The number of aliphatic hydroxyl groups is 1. The second kappa shape index (κ2) is 10.6. The number of hydrogen-bond donors (Lipinski definition) is 2. The number of aromatic nitrogens is 2. The maximum atomic E-state index is 12.5. The maximum absolute atomic E-state index is 12.5. The molecule has 1 fully saturated rings. The number of halogens is 1. The molecule has 1 aliphatic heterocycles. The van der Waals surface area contributed by atoms with E-state index in [4.69, 9.17) is 21.3 Å². The maximum Gasteiger partial charge on any atom is 0.259 e. The predicted octanol–water partition coefficient (Wildman–Crippen LogP) is 3.51. The van der Waals surface area contributed by atoms with Gasteiger partial charge in [0, 0.05) is 42.6 Å². The van der Waals surface area contributed by atoms with Crippen molar-refractivity contribution in [3.8, 4) is 0 Å². The van der Waals surface area contributed by atoms with Crippen LogP contribution >= 0.6 is 22.9 Å². The molecular formula is C24H31ClN4O3S. The van der Waals surface area contributed by atoms with Crippen LogP contribution in [0, 0.1) is 13.8 Å². The summed E-state index contributed by atoms with van der Waals surface area (Å²) in [6.45, 7) is 10.9. The Morgan fingerprint density at radius 2 is 1.85 bits per heavy atom. The van der Waals surface area contributed by atoms with Gasteiger partial charge in [-0.25, -0.2) is 4.98 Å². The van der Waals surface area contributed by atoms with Crippen molar-refractivity contribution in [3.05, 3.63) is 61.5 Å². The van der Waals surface area contributed by atoms with Crippen molar-refractivity contribution in [2.45, 2.75) is 39.5 Å². The van der Waals surface area contributed by atoms with Crippen LogP contribution in [0.1, 0.15) is 34.9 Å². The Balaban J connectivity index is 1.23. The molecule has 178 valence electrons. The SMILES string of the molecule is Cc1sc2nc(CN3CCN(CC(O)COC(C)c4ccc(Cl)cc4)CC3)[nH]c(=O)c2c1C. The summed E-state index contributed by atoms with van der Waals surface area (Å²) in [6, 6.07) is 7.58. The molecule has 7 nitrogen and oxygen atoms in total.